The van der Waals surface area contributed by atoms with Gasteiger partial charge in [0.15, 0.2) is 0 Å². The zero-order valence-electron chi connectivity index (χ0n) is 5.77. The van der Waals surface area contributed by atoms with Crippen molar-refractivity contribution >= 4 is 0 Å². The summed E-state index contributed by atoms with van der Waals surface area (Å²) in [6.45, 7) is 0. The standard InChI is InChI=1S/C8H14O/c9-8(7-3-4-7)5-1-2-6-8/h7,9H,1-6H2. The first-order chi connectivity index (χ1) is 4.31. The summed E-state index contributed by atoms with van der Waals surface area (Å²) in [5.74, 6) is 0.694. The van der Waals surface area contributed by atoms with Crippen molar-refractivity contribution in [1.29, 1.82) is 0 Å². The maximum atomic E-state index is 9.83. The van der Waals surface area contributed by atoms with Gasteiger partial charge in [0.25, 0.3) is 0 Å². The Kier molecular flexibility index (Phi) is 1.10. The molecule has 0 atom stereocenters. The molecule has 0 bridgehead atoms. The van der Waals surface area contributed by atoms with Crippen molar-refractivity contribution in [3.05, 3.63) is 0 Å². The first kappa shape index (κ1) is 5.72. The molecule has 9 heavy (non-hydrogen) atoms. The van der Waals surface area contributed by atoms with E-state index in [0.717, 1.165) is 12.8 Å². The van der Waals surface area contributed by atoms with E-state index in [0.29, 0.717) is 5.92 Å². The van der Waals surface area contributed by atoms with Crippen LogP contribution in [0.4, 0.5) is 0 Å². The molecule has 2 aliphatic rings. The minimum Gasteiger partial charge on any atom is -0.390 e. The van der Waals surface area contributed by atoms with Crippen LogP contribution in [-0.4, -0.2) is 10.7 Å². The van der Waals surface area contributed by atoms with Gasteiger partial charge in [0.1, 0.15) is 0 Å². The highest BCUT2D eigenvalue weighted by Gasteiger charge is 2.44. The van der Waals surface area contributed by atoms with Crippen molar-refractivity contribution in [2.75, 3.05) is 0 Å². The van der Waals surface area contributed by atoms with Crippen molar-refractivity contribution in [3.8, 4) is 0 Å². The van der Waals surface area contributed by atoms with E-state index in [2.05, 4.69) is 0 Å². The average molecular weight is 126 g/mol. The summed E-state index contributed by atoms with van der Waals surface area (Å²) in [6, 6.07) is 0. The van der Waals surface area contributed by atoms with Gasteiger partial charge in [-0.2, -0.15) is 0 Å². The molecule has 0 spiro atoms. The van der Waals surface area contributed by atoms with Crippen LogP contribution in [0, 0.1) is 5.92 Å². The van der Waals surface area contributed by atoms with Gasteiger partial charge in [0.2, 0.25) is 0 Å². The van der Waals surface area contributed by atoms with Gasteiger partial charge in [0, 0.05) is 0 Å². The summed E-state index contributed by atoms with van der Waals surface area (Å²) in [4.78, 5) is 0. The molecule has 52 valence electrons. The molecule has 0 aromatic heterocycles. The zero-order chi connectivity index (χ0) is 6.32. The molecule has 1 heteroatoms. The first-order valence-electron chi connectivity index (χ1n) is 4.04. The first-order valence-corrected chi connectivity index (χ1v) is 4.04. The van der Waals surface area contributed by atoms with Crippen molar-refractivity contribution in [2.24, 2.45) is 5.92 Å². The molecule has 0 saturated heterocycles. The van der Waals surface area contributed by atoms with E-state index in [-0.39, 0.29) is 5.60 Å². The SMILES string of the molecule is OC1(C2CC2)CCCC1. The fourth-order valence-electron chi connectivity index (χ4n) is 2.02. The zero-order valence-corrected chi connectivity index (χ0v) is 5.77. The fourth-order valence-corrected chi connectivity index (χ4v) is 2.02. The normalized spacial score (nSPS) is 33.0. The van der Waals surface area contributed by atoms with E-state index >= 15 is 0 Å². The van der Waals surface area contributed by atoms with E-state index in [9.17, 15) is 5.11 Å². The van der Waals surface area contributed by atoms with Crippen LogP contribution in [-0.2, 0) is 0 Å². The number of hydrogen-bond acceptors (Lipinski definition) is 1. The summed E-state index contributed by atoms with van der Waals surface area (Å²) in [5.41, 5.74) is -0.194. The van der Waals surface area contributed by atoms with Gasteiger partial charge in [-0.3, -0.25) is 0 Å². The van der Waals surface area contributed by atoms with Gasteiger partial charge in [-0.1, -0.05) is 12.8 Å². The Hall–Kier alpha value is -0.0400. The van der Waals surface area contributed by atoms with Crippen LogP contribution in [0.2, 0.25) is 0 Å². The van der Waals surface area contributed by atoms with Crippen LogP contribution in [0.15, 0.2) is 0 Å². The highest BCUT2D eigenvalue weighted by molar-refractivity contribution is 4.97. The smallest absolute Gasteiger partial charge is 0.0675 e. The Labute approximate surface area is 56.1 Å². The second-order valence-corrected chi connectivity index (χ2v) is 3.58. The van der Waals surface area contributed by atoms with Crippen molar-refractivity contribution in [2.45, 2.75) is 44.1 Å². The van der Waals surface area contributed by atoms with Crippen LogP contribution >= 0.6 is 0 Å². The van der Waals surface area contributed by atoms with E-state index in [1.165, 1.54) is 25.7 Å². The summed E-state index contributed by atoms with van der Waals surface area (Å²) >= 11 is 0. The predicted octanol–water partition coefficient (Wildman–Crippen LogP) is 1.70. The van der Waals surface area contributed by atoms with Gasteiger partial charge in [-0.25, -0.2) is 0 Å². The van der Waals surface area contributed by atoms with Crippen molar-refractivity contribution in [3.63, 3.8) is 0 Å². The van der Waals surface area contributed by atoms with Crippen molar-refractivity contribution < 1.29 is 5.11 Å². The second-order valence-electron chi connectivity index (χ2n) is 3.58. The highest BCUT2D eigenvalue weighted by Crippen LogP contribution is 2.47. The number of aliphatic hydroxyl groups is 1. The Morgan fingerprint density at radius 3 is 2.11 bits per heavy atom. The van der Waals surface area contributed by atoms with Gasteiger partial charge in [-0.05, 0) is 31.6 Å². The Morgan fingerprint density at radius 2 is 1.67 bits per heavy atom. The molecule has 0 aliphatic heterocycles. The molecule has 0 radical (unpaired) electrons. The Morgan fingerprint density at radius 1 is 1.11 bits per heavy atom. The lowest BCUT2D eigenvalue weighted by Crippen LogP contribution is -2.26. The summed E-state index contributed by atoms with van der Waals surface area (Å²) in [6.07, 6.45) is 7.25. The molecule has 0 aromatic rings. The van der Waals surface area contributed by atoms with Gasteiger partial charge >= 0.3 is 0 Å². The van der Waals surface area contributed by atoms with E-state index < -0.39 is 0 Å². The molecule has 2 aliphatic carbocycles. The Bertz CT molecular complexity index is 110. The third-order valence-electron chi connectivity index (χ3n) is 2.81. The van der Waals surface area contributed by atoms with Gasteiger partial charge in [0.05, 0.1) is 5.60 Å². The molecular weight excluding hydrogens is 112 g/mol. The monoisotopic (exact) mass is 126 g/mol. The van der Waals surface area contributed by atoms with E-state index in [4.69, 9.17) is 0 Å². The fraction of sp³-hybridized carbons (Fsp3) is 1.00. The molecule has 2 rings (SSSR count). The summed E-state index contributed by atoms with van der Waals surface area (Å²) in [5, 5.41) is 9.83. The molecule has 2 saturated carbocycles. The minimum atomic E-state index is -0.194. The summed E-state index contributed by atoms with van der Waals surface area (Å²) < 4.78 is 0. The lowest BCUT2D eigenvalue weighted by Gasteiger charge is -2.20. The predicted molar refractivity (Wildman–Crippen MR) is 36.1 cm³/mol. The molecule has 0 heterocycles. The third-order valence-corrected chi connectivity index (χ3v) is 2.81. The van der Waals surface area contributed by atoms with E-state index in [1.54, 1.807) is 0 Å². The molecule has 2 fully saturated rings. The number of rotatable bonds is 1. The molecule has 0 amide bonds. The third kappa shape index (κ3) is 0.877. The second kappa shape index (κ2) is 1.72. The van der Waals surface area contributed by atoms with Gasteiger partial charge in [-0.15, -0.1) is 0 Å². The maximum Gasteiger partial charge on any atom is 0.0675 e. The molecule has 0 aromatic carbocycles. The number of hydrogen-bond donors (Lipinski definition) is 1. The van der Waals surface area contributed by atoms with Crippen LogP contribution in [0.1, 0.15) is 38.5 Å². The van der Waals surface area contributed by atoms with Crippen LogP contribution < -0.4 is 0 Å². The average Bonchev–Trinajstić information content (AvgIpc) is 2.60. The molecule has 0 unspecified atom stereocenters. The molecule has 1 nitrogen and oxygen atoms in total. The molecule has 1 N–H and O–H groups in total. The Balaban J connectivity index is 2.02. The minimum absolute atomic E-state index is 0.194. The van der Waals surface area contributed by atoms with Gasteiger partial charge < -0.3 is 5.11 Å². The highest BCUT2D eigenvalue weighted by atomic mass is 16.3. The van der Waals surface area contributed by atoms with Crippen LogP contribution in [0.3, 0.4) is 0 Å². The summed E-state index contributed by atoms with van der Waals surface area (Å²) in [7, 11) is 0. The largest absolute Gasteiger partial charge is 0.390 e. The van der Waals surface area contributed by atoms with E-state index in [1.807, 2.05) is 0 Å². The van der Waals surface area contributed by atoms with Crippen molar-refractivity contribution in [1.82, 2.24) is 0 Å². The van der Waals surface area contributed by atoms with Crippen LogP contribution in [0.5, 0.6) is 0 Å². The maximum absolute atomic E-state index is 9.83. The quantitative estimate of drug-likeness (QED) is 0.567. The molecular formula is C8H14O. The van der Waals surface area contributed by atoms with Crippen LogP contribution in [0.25, 0.3) is 0 Å². The topological polar surface area (TPSA) is 20.2 Å². The lowest BCUT2D eigenvalue weighted by molar-refractivity contribution is 0.0248. The lowest BCUT2D eigenvalue weighted by atomic mass is 9.96.